The summed E-state index contributed by atoms with van der Waals surface area (Å²) in [6.07, 6.45) is 3.65. The fourth-order valence-electron chi connectivity index (χ4n) is 3.24. The van der Waals surface area contributed by atoms with Crippen LogP contribution in [0, 0.1) is 5.82 Å². The van der Waals surface area contributed by atoms with Crippen molar-refractivity contribution >= 4 is 52.2 Å². The predicted octanol–water partition coefficient (Wildman–Crippen LogP) is 2.88. The van der Waals surface area contributed by atoms with Crippen LogP contribution in [0.1, 0.15) is 31.2 Å². The lowest BCUT2D eigenvalue weighted by molar-refractivity contribution is -0.152. The van der Waals surface area contributed by atoms with Crippen LogP contribution in [-0.4, -0.2) is 56.1 Å². The monoisotopic (exact) mass is 422 g/mol. The van der Waals surface area contributed by atoms with Gasteiger partial charge in [-0.2, -0.15) is 0 Å². The van der Waals surface area contributed by atoms with Crippen LogP contribution in [0.3, 0.4) is 0 Å². The molecule has 0 aliphatic carbocycles. The molecular weight excluding hydrogens is 403 g/mol. The highest BCUT2D eigenvalue weighted by Crippen LogP contribution is 2.32. The van der Waals surface area contributed by atoms with E-state index in [1.54, 1.807) is 18.2 Å². The number of aliphatic carboxylic acids is 1. The van der Waals surface area contributed by atoms with Crippen molar-refractivity contribution in [2.45, 2.75) is 31.7 Å². The Kier molecular flexibility index (Phi) is 6.46. The van der Waals surface area contributed by atoms with Gasteiger partial charge in [-0.15, -0.1) is 0 Å². The molecule has 2 heterocycles. The zero-order valence-electron chi connectivity index (χ0n) is 15.0. The zero-order valence-corrected chi connectivity index (χ0v) is 16.6. The summed E-state index contributed by atoms with van der Waals surface area (Å²) in [5.41, 5.74) is 0.676. The molecule has 0 radical (unpaired) electrons. The Balaban J connectivity index is 1.63. The molecule has 9 heteroatoms. The van der Waals surface area contributed by atoms with E-state index in [1.165, 1.54) is 21.9 Å². The predicted molar refractivity (Wildman–Crippen MR) is 108 cm³/mol. The maximum Gasteiger partial charge on any atom is 0.326 e. The van der Waals surface area contributed by atoms with Crippen LogP contribution in [0.5, 0.6) is 0 Å². The molecule has 2 fully saturated rings. The lowest BCUT2D eigenvalue weighted by Crippen LogP contribution is -2.48. The van der Waals surface area contributed by atoms with E-state index in [4.69, 9.17) is 12.2 Å². The maximum atomic E-state index is 13.0. The summed E-state index contributed by atoms with van der Waals surface area (Å²) >= 11 is 6.38. The molecule has 0 saturated carbocycles. The number of carbonyl (C=O) groups excluding carboxylic acids is 2. The first-order valence-electron chi connectivity index (χ1n) is 8.90. The molecule has 2 aliphatic rings. The van der Waals surface area contributed by atoms with Crippen molar-refractivity contribution in [3.63, 3.8) is 0 Å². The zero-order chi connectivity index (χ0) is 20.3. The Morgan fingerprint density at radius 2 is 2.00 bits per heavy atom. The second-order valence-corrected chi connectivity index (χ2v) is 8.25. The van der Waals surface area contributed by atoms with Crippen molar-refractivity contribution in [2.24, 2.45) is 0 Å². The minimum Gasteiger partial charge on any atom is -0.480 e. The van der Waals surface area contributed by atoms with E-state index in [9.17, 15) is 23.9 Å². The fraction of sp³-hybridized carbons (Fsp3) is 0.368. The first-order chi connectivity index (χ1) is 13.4. The summed E-state index contributed by atoms with van der Waals surface area (Å²) in [6, 6.07) is 4.94. The Hall–Kier alpha value is -2.26. The SMILES string of the molecule is O=C(O)[C@@H]1CCCCN1C(=O)CCN1C(=O)/C(=C/c2ccc(F)cc2)SC1=S. The molecule has 1 aromatic carbocycles. The number of hydrogen-bond donors (Lipinski definition) is 1. The van der Waals surface area contributed by atoms with Crippen molar-refractivity contribution in [1.82, 2.24) is 9.80 Å². The molecule has 148 valence electrons. The molecule has 0 aromatic heterocycles. The topological polar surface area (TPSA) is 77.9 Å². The third-order valence-electron chi connectivity index (χ3n) is 4.70. The Labute approximate surface area is 171 Å². The van der Waals surface area contributed by atoms with Crippen LogP contribution in [0.25, 0.3) is 6.08 Å². The maximum absolute atomic E-state index is 13.0. The van der Waals surface area contributed by atoms with Gasteiger partial charge in [-0.3, -0.25) is 14.5 Å². The molecule has 0 bridgehead atoms. The Bertz CT molecular complexity index is 841. The molecule has 0 unspecified atom stereocenters. The van der Waals surface area contributed by atoms with E-state index in [1.807, 2.05) is 0 Å². The molecule has 1 aromatic rings. The number of thioether (sulfide) groups is 1. The lowest BCUT2D eigenvalue weighted by Gasteiger charge is -2.33. The molecule has 3 rings (SSSR count). The van der Waals surface area contributed by atoms with Crippen molar-refractivity contribution in [3.05, 3.63) is 40.6 Å². The molecule has 28 heavy (non-hydrogen) atoms. The van der Waals surface area contributed by atoms with E-state index in [0.717, 1.165) is 24.6 Å². The van der Waals surface area contributed by atoms with Gasteiger partial charge >= 0.3 is 5.97 Å². The number of halogens is 1. The van der Waals surface area contributed by atoms with Gasteiger partial charge in [-0.1, -0.05) is 36.1 Å². The highest BCUT2D eigenvalue weighted by molar-refractivity contribution is 8.26. The van der Waals surface area contributed by atoms with Gasteiger partial charge in [-0.05, 0) is 43.0 Å². The first-order valence-corrected chi connectivity index (χ1v) is 10.1. The number of piperidine rings is 1. The number of rotatable bonds is 5. The van der Waals surface area contributed by atoms with Gasteiger partial charge in [0.15, 0.2) is 0 Å². The summed E-state index contributed by atoms with van der Waals surface area (Å²) in [6.45, 7) is 0.520. The molecule has 1 atom stereocenters. The van der Waals surface area contributed by atoms with Crippen molar-refractivity contribution in [3.8, 4) is 0 Å². The summed E-state index contributed by atoms with van der Waals surface area (Å²) < 4.78 is 13.4. The quantitative estimate of drug-likeness (QED) is 0.581. The third-order valence-corrected chi connectivity index (χ3v) is 6.08. The fourth-order valence-corrected chi connectivity index (χ4v) is 4.55. The van der Waals surface area contributed by atoms with E-state index < -0.39 is 12.0 Å². The summed E-state index contributed by atoms with van der Waals surface area (Å²) in [7, 11) is 0. The number of thiocarbonyl (C=S) groups is 1. The number of carboxylic acid groups (broad SMARTS) is 1. The first kappa shape index (κ1) is 20.5. The number of carbonyl (C=O) groups is 3. The van der Waals surface area contributed by atoms with Crippen LogP contribution in [0.15, 0.2) is 29.2 Å². The van der Waals surface area contributed by atoms with Gasteiger partial charge in [-0.25, -0.2) is 9.18 Å². The highest BCUT2D eigenvalue weighted by Gasteiger charge is 2.35. The summed E-state index contributed by atoms with van der Waals surface area (Å²) in [5, 5.41) is 9.30. The number of hydrogen-bond acceptors (Lipinski definition) is 5. The van der Waals surface area contributed by atoms with E-state index >= 15 is 0 Å². The largest absolute Gasteiger partial charge is 0.480 e. The Morgan fingerprint density at radius 3 is 2.68 bits per heavy atom. The molecule has 2 saturated heterocycles. The number of amides is 2. The minimum atomic E-state index is -0.999. The number of likely N-dealkylation sites (tertiary alicyclic amines) is 1. The van der Waals surface area contributed by atoms with Gasteiger partial charge in [0.05, 0.1) is 4.91 Å². The van der Waals surface area contributed by atoms with Gasteiger partial charge in [0, 0.05) is 19.5 Å². The molecular formula is C19H19FN2O4S2. The normalized spacial score (nSPS) is 21.5. The number of carboxylic acids is 1. The van der Waals surface area contributed by atoms with Crippen LogP contribution >= 0.6 is 24.0 Å². The third kappa shape index (κ3) is 4.59. The summed E-state index contributed by atoms with van der Waals surface area (Å²) in [4.78, 5) is 39.6. The lowest BCUT2D eigenvalue weighted by atomic mass is 10.0. The molecule has 0 spiro atoms. The number of benzene rings is 1. The molecule has 2 aliphatic heterocycles. The van der Waals surface area contributed by atoms with E-state index in [0.29, 0.717) is 27.8 Å². The number of nitrogens with zero attached hydrogens (tertiary/aromatic N) is 2. The van der Waals surface area contributed by atoms with Gasteiger partial charge < -0.3 is 10.0 Å². The average molecular weight is 423 g/mol. The second kappa shape index (κ2) is 8.83. The van der Waals surface area contributed by atoms with Gasteiger partial charge in [0.1, 0.15) is 16.2 Å². The van der Waals surface area contributed by atoms with Crippen LogP contribution in [0.2, 0.25) is 0 Å². The smallest absolute Gasteiger partial charge is 0.326 e. The minimum absolute atomic E-state index is 0.0139. The Morgan fingerprint density at radius 1 is 1.29 bits per heavy atom. The van der Waals surface area contributed by atoms with Crippen molar-refractivity contribution in [2.75, 3.05) is 13.1 Å². The van der Waals surface area contributed by atoms with Gasteiger partial charge in [0.2, 0.25) is 5.91 Å². The van der Waals surface area contributed by atoms with Crippen LogP contribution in [0.4, 0.5) is 4.39 Å². The van der Waals surface area contributed by atoms with E-state index in [2.05, 4.69) is 0 Å². The van der Waals surface area contributed by atoms with Crippen molar-refractivity contribution < 1.29 is 23.9 Å². The van der Waals surface area contributed by atoms with E-state index in [-0.39, 0.29) is 30.6 Å². The highest BCUT2D eigenvalue weighted by atomic mass is 32.2. The van der Waals surface area contributed by atoms with Crippen molar-refractivity contribution in [1.29, 1.82) is 0 Å². The molecule has 6 nitrogen and oxygen atoms in total. The molecule has 2 amide bonds. The average Bonchev–Trinajstić information content (AvgIpc) is 2.94. The molecule has 1 N–H and O–H groups in total. The summed E-state index contributed by atoms with van der Waals surface area (Å²) in [5.74, 6) is -1.95. The second-order valence-electron chi connectivity index (χ2n) is 6.57. The van der Waals surface area contributed by atoms with Gasteiger partial charge in [0.25, 0.3) is 5.91 Å². The van der Waals surface area contributed by atoms with Crippen LogP contribution in [-0.2, 0) is 14.4 Å². The standard InChI is InChI=1S/C19H19FN2O4S2/c20-13-6-4-12(5-7-13)11-15-17(24)22(19(27)28-15)10-8-16(23)21-9-2-1-3-14(21)18(25)26/h4-7,11,14H,1-3,8-10H2,(H,25,26)/b15-11-/t14-/m0/s1. The van der Waals surface area contributed by atoms with Crippen LogP contribution < -0.4 is 0 Å².